The van der Waals surface area contributed by atoms with E-state index < -0.39 is 10.7 Å². The van der Waals surface area contributed by atoms with Gasteiger partial charge in [-0.15, -0.1) is 0 Å². The third-order valence-electron chi connectivity index (χ3n) is 4.32. The molecule has 4 aromatic rings. The lowest BCUT2D eigenvalue weighted by Gasteiger charge is -2.16. The third-order valence-corrected chi connectivity index (χ3v) is 4.32. The SMILES string of the molecule is CCOc1cc([N+](=O)[O-])cc(C=Nc2ccc3oc(-c4ccccc4)nc3c2)c1[O-]. The first kappa shape index (κ1) is 19.1. The molecule has 1 aromatic heterocycles. The summed E-state index contributed by atoms with van der Waals surface area (Å²) in [5.74, 6) is -0.0405. The van der Waals surface area contributed by atoms with Gasteiger partial charge < -0.3 is 14.3 Å². The number of benzene rings is 3. The fourth-order valence-electron chi connectivity index (χ4n) is 2.92. The minimum Gasteiger partial charge on any atom is -0.870 e. The fraction of sp³-hybridized carbons (Fsp3) is 0.0909. The summed E-state index contributed by atoms with van der Waals surface area (Å²) >= 11 is 0. The van der Waals surface area contributed by atoms with Gasteiger partial charge >= 0.3 is 0 Å². The van der Waals surface area contributed by atoms with Crippen LogP contribution in [0, 0.1) is 10.1 Å². The molecule has 0 aliphatic heterocycles. The molecule has 0 aliphatic carbocycles. The Morgan fingerprint density at radius 1 is 1.17 bits per heavy atom. The highest BCUT2D eigenvalue weighted by atomic mass is 16.6. The summed E-state index contributed by atoms with van der Waals surface area (Å²) in [7, 11) is 0. The van der Waals surface area contributed by atoms with Crippen LogP contribution in [-0.4, -0.2) is 22.7 Å². The molecule has 0 bridgehead atoms. The number of aliphatic imine (C=N–C) groups is 1. The largest absolute Gasteiger partial charge is 0.870 e. The maximum absolute atomic E-state index is 12.5. The van der Waals surface area contributed by atoms with Crippen LogP contribution in [-0.2, 0) is 0 Å². The Kier molecular flexibility index (Phi) is 5.13. The molecule has 0 saturated carbocycles. The van der Waals surface area contributed by atoms with Crippen molar-refractivity contribution in [1.82, 2.24) is 4.98 Å². The molecule has 0 unspecified atom stereocenters. The van der Waals surface area contributed by atoms with Crippen LogP contribution in [0.2, 0.25) is 0 Å². The summed E-state index contributed by atoms with van der Waals surface area (Å²) in [4.78, 5) is 19.3. The van der Waals surface area contributed by atoms with Crippen molar-refractivity contribution in [2.24, 2.45) is 4.99 Å². The lowest BCUT2D eigenvalue weighted by atomic mass is 10.1. The van der Waals surface area contributed by atoms with Crippen LogP contribution in [0.15, 0.2) is 70.1 Å². The zero-order chi connectivity index (χ0) is 21.1. The number of ether oxygens (including phenoxy) is 1. The van der Waals surface area contributed by atoms with Gasteiger partial charge in [-0.2, -0.15) is 0 Å². The zero-order valence-electron chi connectivity index (χ0n) is 15.9. The lowest BCUT2D eigenvalue weighted by Crippen LogP contribution is -2.04. The molecule has 150 valence electrons. The first-order valence-electron chi connectivity index (χ1n) is 9.17. The number of oxazole rings is 1. The van der Waals surface area contributed by atoms with E-state index in [4.69, 9.17) is 9.15 Å². The van der Waals surface area contributed by atoms with Crippen LogP contribution in [0.25, 0.3) is 22.6 Å². The van der Waals surface area contributed by atoms with Gasteiger partial charge in [-0.25, -0.2) is 4.98 Å². The van der Waals surface area contributed by atoms with E-state index in [0.717, 1.165) is 11.6 Å². The molecule has 1 heterocycles. The second kappa shape index (κ2) is 8.04. The molecule has 3 aromatic carbocycles. The average Bonchev–Trinajstić information content (AvgIpc) is 3.18. The van der Waals surface area contributed by atoms with E-state index in [9.17, 15) is 15.2 Å². The van der Waals surface area contributed by atoms with E-state index >= 15 is 0 Å². The van der Waals surface area contributed by atoms with Crippen molar-refractivity contribution in [2.45, 2.75) is 6.92 Å². The van der Waals surface area contributed by atoms with Gasteiger partial charge in [0, 0.05) is 17.8 Å². The maximum Gasteiger partial charge on any atom is 0.273 e. The normalized spacial score (nSPS) is 11.2. The van der Waals surface area contributed by atoms with Gasteiger partial charge in [0.05, 0.1) is 23.3 Å². The van der Waals surface area contributed by atoms with Crippen LogP contribution >= 0.6 is 0 Å². The number of aromatic nitrogens is 1. The van der Waals surface area contributed by atoms with E-state index in [1.54, 1.807) is 25.1 Å². The number of fused-ring (bicyclic) bond motifs is 1. The number of hydrogen-bond donors (Lipinski definition) is 0. The highest BCUT2D eigenvalue weighted by Crippen LogP contribution is 2.32. The zero-order valence-corrected chi connectivity index (χ0v) is 15.9. The van der Waals surface area contributed by atoms with Gasteiger partial charge in [-0.3, -0.25) is 15.1 Å². The molecule has 0 spiro atoms. The van der Waals surface area contributed by atoms with Crippen molar-refractivity contribution < 1.29 is 19.2 Å². The van der Waals surface area contributed by atoms with Crippen LogP contribution in [0.3, 0.4) is 0 Å². The molecule has 0 atom stereocenters. The third kappa shape index (κ3) is 3.83. The summed E-state index contributed by atoms with van der Waals surface area (Å²) in [6.45, 7) is 1.92. The summed E-state index contributed by atoms with van der Waals surface area (Å²) < 4.78 is 11.0. The van der Waals surface area contributed by atoms with Crippen molar-refractivity contribution in [3.05, 3.63) is 76.3 Å². The Morgan fingerprint density at radius 3 is 2.70 bits per heavy atom. The molecule has 0 amide bonds. The van der Waals surface area contributed by atoms with Crippen LogP contribution in [0.4, 0.5) is 11.4 Å². The number of nitro groups is 1. The van der Waals surface area contributed by atoms with Crippen LogP contribution in [0.5, 0.6) is 11.5 Å². The summed E-state index contributed by atoms with van der Waals surface area (Å²) in [6, 6.07) is 17.0. The molecule has 8 heteroatoms. The summed E-state index contributed by atoms with van der Waals surface area (Å²) in [5, 5.41) is 23.6. The molecule has 4 rings (SSSR count). The van der Waals surface area contributed by atoms with Crippen LogP contribution in [0.1, 0.15) is 12.5 Å². The highest BCUT2D eigenvalue weighted by Gasteiger charge is 2.12. The quantitative estimate of drug-likeness (QED) is 0.264. The Morgan fingerprint density at radius 2 is 1.97 bits per heavy atom. The van der Waals surface area contributed by atoms with E-state index in [-0.39, 0.29) is 23.6 Å². The van der Waals surface area contributed by atoms with Crippen molar-refractivity contribution in [2.75, 3.05) is 6.61 Å². The molecule has 0 N–H and O–H groups in total. The Labute approximate surface area is 171 Å². The predicted molar refractivity (Wildman–Crippen MR) is 110 cm³/mol. The highest BCUT2D eigenvalue weighted by molar-refractivity contribution is 5.89. The molecule has 0 radical (unpaired) electrons. The number of nitro benzene ring substituents is 1. The minimum absolute atomic E-state index is 0.0675. The Hall–Kier alpha value is -4.20. The molecule has 0 fully saturated rings. The van der Waals surface area contributed by atoms with Gasteiger partial charge in [-0.1, -0.05) is 23.9 Å². The first-order chi connectivity index (χ1) is 14.5. The molecule has 30 heavy (non-hydrogen) atoms. The standard InChI is InChI=1S/C22H17N3O5/c1-2-29-20-12-17(25(27)28)10-15(21(20)26)13-23-16-8-9-19-18(11-16)24-22(30-19)14-6-4-3-5-7-14/h3-13,26H,2H2,1H3/p-1. The smallest absolute Gasteiger partial charge is 0.273 e. The van der Waals surface area contributed by atoms with Crippen molar-refractivity contribution in [3.63, 3.8) is 0 Å². The van der Waals surface area contributed by atoms with Gasteiger partial charge in [0.2, 0.25) is 5.89 Å². The van der Waals surface area contributed by atoms with E-state index in [1.165, 1.54) is 12.3 Å². The summed E-state index contributed by atoms with van der Waals surface area (Å²) in [5.41, 5.74) is 2.43. The van der Waals surface area contributed by atoms with Gasteiger partial charge in [0.25, 0.3) is 5.69 Å². The first-order valence-corrected chi connectivity index (χ1v) is 9.17. The number of nitrogens with zero attached hydrogens (tertiary/aromatic N) is 3. The number of hydrogen-bond acceptors (Lipinski definition) is 7. The van der Waals surface area contributed by atoms with Gasteiger partial charge in [0.15, 0.2) is 5.58 Å². The Bertz CT molecular complexity index is 1250. The molecule has 0 saturated heterocycles. The molecule has 0 aliphatic rings. The van der Waals surface area contributed by atoms with E-state index in [0.29, 0.717) is 22.7 Å². The second-order valence-corrected chi connectivity index (χ2v) is 6.35. The minimum atomic E-state index is -0.578. The number of rotatable bonds is 6. The molecular weight excluding hydrogens is 386 g/mol. The summed E-state index contributed by atoms with van der Waals surface area (Å²) in [6.07, 6.45) is 1.29. The predicted octanol–water partition coefficient (Wildman–Crippen LogP) is 4.63. The van der Waals surface area contributed by atoms with Gasteiger partial charge in [0.1, 0.15) is 11.3 Å². The topological polar surface area (TPSA) is 114 Å². The Balaban J connectivity index is 1.68. The monoisotopic (exact) mass is 402 g/mol. The van der Waals surface area contributed by atoms with Crippen LogP contribution < -0.4 is 9.84 Å². The van der Waals surface area contributed by atoms with E-state index in [2.05, 4.69) is 9.98 Å². The van der Waals surface area contributed by atoms with Crippen molar-refractivity contribution in [1.29, 1.82) is 0 Å². The van der Waals surface area contributed by atoms with Crippen molar-refractivity contribution >= 4 is 28.7 Å². The van der Waals surface area contributed by atoms with Crippen molar-refractivity contribution in [3.8, 4) is 23.0 Å². The van der Waals surface area contributed by atoms with E-state index in [1.807, 2.05) is 30.3 Å². The maximum atomic E-state index is 12.5. The fourth-order valence-corrected chi connectivity index (χ4v) is 2.92. The van der Waals surface area contributed by atoms with Gasteiger partial charge in [-0.05, 0) is 42.8 Å². The number of non-ortho nitro benzene ring substituents is 1. The lowest BCUT2D eigenvalue weighted by molar-refractivity contribution is -0.385. The average molecular weight is 402 g/mol. The molecular formula is C22H16N3O5-. The second-order valence-electron chi connectivity index (χ2n) is 6.35. The molecule has 8 nitrogen and oxygen atoms in total.